The first-order valence-corrected chi connectivity index (χ1v) is 8.18. The Kier molecular flexibility index (Phi) is 4.96. The highest BCUT2D eigenvalue weighted by Crippen LogP contribution is 2.18. The molecule has 0 saturated carbocycles. The maximum Gasteiger partial charge on any atom is 0.242 e. The number of ether oxygens (including phenoxy) is 1. The number of nitriles is 1. The molecule has 1 aliphatic rings. The smallest absolute Gasteiger partial charge is 0.242 e. The molecule has 1 saturated heterocycles. The Balaban J connectivity index is 2.16. The molecule has 1 unspecified atom stereocenters. The summed E-state index contributed by atoms with van der Waals surface area (Å²) in [5, 5.41) is 12.1. The minimum atomic E-state index is -3.57. The van der Waals surface area contributed by atoms with Crippen molar-refractivity contribution < 1.29 is 13.2 Å². The van der Waals surface area contributed by atoms with Gasteiger partial charge in [0.1, 0.15) is 0 Å². The Labute approximate surface area is 125 Å². The van der Waals surface area contributed by atoms with Gasteiger partial charge in [0.05, 0.1) is 29.2 Å². The van der Waals surface area contributed by atoms with Gasteiger partial charge in [-0.1, -0.05) is 0 Å². The molecule has 1 fully saturated rings. The fraction of sp³-hybridized carbons (Fsp3) is 0.500. The molecule has 1 heterocycles. The lowest BCUT2D eigenvalue weighted by molar-refractivity contribution is 0.0206. The molecule has 1 N–H and O–H groups in total. The van der Waals surface area contributed by atoms with E-state index in [0.717, 1.165) is 6.54 Å². The Morgan fingerprint density at radius 3 is 2.86 bits per heavy atom. The minimum absolute atomic E-state index is 0.141. The van der Waals surface area contributed by atoms with Crippen molar-refractivity contribution >= 4 is 10.0 Å². The van der Waals surface area contributed by atoms with Crippen molar-refractivity contribution in [3.05, 3.63) is 29.3 Å². The van der Waals surface area contributed by atoms with E-state index in [1.54, 1.807) is 14.0 Å². The molecule has 0 aromatic heterocycles. The lowest BCUT2D eigenvalue weighted by Gasteiger charge is -2.27. The number of morpholine rings is 1. The van der Waals surface area contributed by atoms with E-state index >= 15 is 0 Å². The second-order valence-electron chi connectivity index (χ2n) is 5.07. The van der Waals surface area contributed by atoms with E-state index in [0.29, 0.717) is 30.8 Å². The van der Waals surface area contributed by atoms with Gasteiger partial charge in [-0.3, -0.25) is 0 Å². The zero-order chi connectivity index (χ0) is 15.5. The summed E-state index contributed by atoms with van der Waals surface area (Å²) >= 11 is 0. The zero-order valence-corrected chi connectivity index (χ0v) is 13.0. The van der Waals surface area contributed by atoms with Gasteiger partial charge in [0.25, 0.3) is 0 Å². The number of benzene rings is 1. The number of likely N-dealkylation sites (N-methyl/N-ethyl adjacent to an activating group) is 1. The molecule has 1 aromatic rings. The second kappa shape index (κ2) is 6.54. The highest BCUT2D eigenvalue weighted by atomic mass is 32.2. The Morgan fingerprint density at radius 2 is 2.29 bits per heavy atom. The molecule has 7 heteroatoms. The van der Waals surface area contributed by atoms with Crippen molar-refractivity contribution in [3.63, 3.8) is 0 Å². The predicted molar refractivity (Wildman–Crippen MR) is 78.3 cm³/mol. The van der Waals surface area contributed by atoms with E-state index in [1.165, 1.54) is 22.5 Å². The summed E-state index contributed by atoms with van der Waals surface area (Å²) in [7, 11) is -2.03. The monoisotopic (exact) mass is 309 g/mol. The maximum atomic E-state index is 12.5. The number of nitrogens with one attached hydrogen (secondary N) is 1. The van der Waals surface area contributed by atoms with Gasteiger partial charge in [-0.15, -0.1) is 0 Å². The van der Waals surface area contributed by atoms with Crippen LogP contribution in [0.2, 0.25) is 0 Å². The summed E-state index contributed by atoms with van der Waals surface area (Å²) in [6.07, 6.45) is -0.141. The second-order valence-corrected chi connectivity index (χ2v) is 7.12. The molecule has 0 spiro atoms. The van der Waals surface area contributed by atoms with Gasteiger partial charge in [0, 0.05) is 26.7 Å². The lowest BCUT2D eigenvalue weighted by atomic mass is 10.1. The fourth-order valence-corrected chi connectivity index (χ4v) is 3.51. The molecular weight excluding hydrogens is 290 g/mol. The van der Waals surface area contributed by atoms with Crippen LogP contribution in [0.1, 0.15) is 11.1 Å². The van der Waals surface area contributed by atoms with Crippen LogP contribution in [0.25, 0.3) is 0 Å². The molecule has 1 aliphatic heterocycles. The van der Waals surface area contributed by atoms with Crippen molar-refractivity contribution in [1.82, 2.24) is 9.62 Å². The van der Waals surface area contributed by atoms with Crippen LogP contribution in [0.3, 0.4) is 0 Å². The number of hydrogen-bond acceptors (Lipinski definition) is 5. The van der Waals surface area contributed by atoms with E-state index in [-0.39, 0.29) is 11.0 Å². The quantitative estimate of drug-likeness (QED) is 0.874. The zero-order valence-electron chi connectivity index (χ0n) is 12.2. The first kappa shape index (κ1) is 15.9. The topological polar surface area (TPSA) is 82.4 Å². The minimum Gasteiger partial charge on any atom is -0.374 e. The Bertz CT molecular complexity index is 646. The number of nitrogens with zero attached hydrogens (tertiary/aromatic N) is 2. The van der Waals surface area contributed by atoms with Gasteiger partial charge in [-0.05, 0) is 30.7 Å². The summed E-state index contributed by atoms with van der Waals surface area (Å²) in [4.78, 5) is 0.199. The van der Waals surface area contributed by atoms with Crippen molar-refractivity contribution in [3.8, 4) is 6.07 Å². The van der Waals surface area contributed by atoms with Crippen LogP contribution in [0.5, 0.6) is 0 Å². The van der Waals surface area contributed by atoms with Gasteiger partial charge in [0.15, 0.2) is 0 Å². The normalized spacial score (nSPS) is 19.4. The molecule has 2 rings (SSSR count). The van der Waals surface area contributed by atoms with Gasteiger partial charge in [-0.2, -0.15) is 9.57 Å². The molecule has 0 aliphatic carbocycles. The lowest BCUT2D eigenvalue weighted by Crippen LogP contribution is -2.45. The van der Waals surface area contributed by atoms with Crippen LogP contribution in [0.4, 0.5) is 0 Å². The predicted octanol–water partition coefficient (Wildman–Crippen LogP) is 0.476. The van der Waals surface area contributed by atoms with E-state index in [2.05, 4.69) is 5.32 Å². The number of aryl methyl sites for hydroxylation is 1. The molecule has 114 valence electrons. The van der Waals surface area contributed by atoms with E-state index < -0.39 is 10.0 Å². The highest BCUT2D eigenvalue weighted by molar-refractivity contribution is 7.89. The number of rotatable bonds is 4. The Morgan fingerprint density at radius 1 is 1.52 bits per heavy atom. The van der Waals surface area contributed by atoms with Gasteiger partial charge in [0.2, 0.25) is 10.0 Å². The van der Waals surface area contributed by atoms with Crippen LogP contribution in [0.15, 0.2) is 23.1 Å². The van der Waals surface area contributed by atoms with Crippen LogP contribution >= 0.6 is 0 Å². The summed E-state index contributed by atoms with van der Waals surface area (Å²) in [6.45, 7) is 4.06. The van der Waals surface area contributed by atoms with Crippen molar-refractivity contribution in [2.45, 2.75) is 17.9 Å². The molecular formula is C14H19N3O3S. The third-order valence-electron chi connectivity index (χ3n) is 3.49. The third-order valence-corrected chi connectivity index (χ3v) is 5.31. The van der Waals surface area contributed by atoms with Crippen LogP contribution in [0, 0.1) is 18.3 Å². The first-order chi connectivity index (χ1) is 9.95. The van der Waals surface area contributed by atoms with Gasteiger partial charge >= 0.3 is 0 Å². The van der Waals surface area contributed by atoms with Crippen molar-refractivity contribution in [2.24, 2.45) is 0 Å². The van der Waals surface area contributed by atoms with Gasteiger partial charge < -0.3 is 10.1 Å². The summed E-state index contributed by atoms with van der Waals surface area (Å²) in [5.74, 6) is 0. The van der Waals surface area contributed by atoms with Crippen molar-refractivity contribution in [1.29, 1.82) is 5.26 Å². The van der Waals surface area contributed by atoms with Crippen molar-refractivity contribution in [2.75, 3.05) is 33.3 Å². The summed E-state index contributed by atoms with van der Waals surface area (Å²) in [5.41, 5.74) is 1.14. The Hall–Kier alpha value is -1.46. The number of sulfonamides is 1. The van der Waals surface area contributed by atoms with Gasteiger partial charge in [-0.25, -0.2) is 8.42 Å². The van der Waals surface area contributed by atoms with Crippen LogP contribution in [-0.2, 0) is 14.8 Å². The number of hydrogen-bond donors (Lipinski definition) is 1. The first-order valence-electron chi connectivity index (χ1n) is 6.74. The highest BCUT2D eigenvalue weighted by Gasteiger charge is 2.25. The molecule has 0 bridgehead atoms. The molecule has 1 atom stereocenters. The van der Waals surface area contributed by atoms with E-state index in [9.17, 15) is 8.42 Å². The third kappa shape index (κ3) is 3.60. The maximum absolute atomic E-state index is 12.5. The molecule has 6 nitrogen and oxygen atoms in total. The molecule has 0 amide bonds. The SMILES string of the molecule is Cc1cc(S(=O)(=O)N(C)CC2CNCCO2)ccc1C#N. The molecule has 21 heavy (non-hydrogen) atoms. The fourth-order valence-electron chi connectivity index (χ4n) is 2.22. The average molecular weight is 309 g/mol. The largest absolute Gasteiger partial charge is 0.374 e. The van der Waals surface area contributed by atoms with E-state index in [1.807, 2.05) is 6.07 Å². The summed E-state index contributed by atoms with van der Waals surface area (Å²) < 4.78 is 31.9. The van der Waals surface area contributed by atoms with Crippen LogP contribution < -0.4 is 5.32 Å². The standard InChI is InChI=1S/C14H19N3O3S/c1-11-7-14(4-3-12(11)8-15)21(18,19)17(2)10-13-9-16-5-6-20-13/h3-4,7,13,16H,5-6,9-10H2,1-2H3. The summed E-state index contributed by atoms with van der Waals surface area (Å²) in [6, 6.07) is 6.57. The molecule has 1 aromatic carbocycles. The van der Waals surface area contributed by atoms with Crippen LogP contribution in [-0.4, -0.2) is 52.1 Å². The molecule has 0 radical (unpaired) electrons. The van der Waals surface area contributed by atoms with E-state index in [4.69, 9.17) is 10.00 Å². The average Bonchev–Trinajstić information content (AvgIpc) is 2.48.